The monoisotopic (exact) mass is 493 g/mol. The third kappa shape index (κ3) is 4.71. The van der Waals surface area contributed by atoms with E-state index in [-0.39, 0.29) is 16.5 Å². The zero-order valence-electron chi connectivity index (χ0n) is 17.8. The molecule has 0 saturated heterocycles. The number of benzene rings is 3. The summed E-state index contributed by atoms with van der Waals surface area (Å²) in [5.74, 6) is -1.76. The van der Waals surface area contributed by atoms with E-state index in [0.717, 1.165) is 4.90 Å². The van der Waals surface area contributed by atoms with Gasteiger partial charge in [0.05, 0.1) is 5.69 Å². The number of hydrogen-bond donors (Lipinski definition) is 2. The molecule has 0 radical (unpaired) electrons. The molecule has 0 bridgehead atoms. The minimum absolute atomic E-state index is 0.0702. The molecular weight excluding hydrogens is 477 g/mol. The molecular formula is C25H17Cl2N3O4. The summed E-state index contributed by atoms with van der Waals surface area (Å²) in [5.41, 5.74) is 2.00. The number of halogens is 2. The van der Waals surface area contributed by atoms with Crippen LogP contribution in [0.1, 0.15) is 27.6 Å². The van der Waals surface area contributed by atoms with E-state index in [9.17, 15) is 19.2 Å². The molecule has 34 heavy (non-hydrogen) atoms. The summed E-state index contributed by atoms with van der Waals surface area (Å²) in [7, 11) is 0. The van der Waals surface area contributed by atoms with Crippen LogP contribution in [0, 0.1) is 0 Å². The second-order valence-electron chi connectivity index (χ2n) is 7.40. The molecule has 4 rings (SSSR count). The minimum Gasteiger partial charge on any atom is -0.350 e. The van der Waals surface area contributed by atoms with Crippen molar-refractivity contribution in [3.05, 3.63) is 99.7 Å². The van der Waals surface area contributed by atoms with Crippen molar-refractivity contribution >= 4 is 63.8 Å². The molecule has 170 valence electrons. The summed E-state index contributed by atoms with van der Waals surface area (Å²) in [5, 5.41) is 5.80. The Morgan fingerprint density at radius 2 is 1.47 bits per heavy atom. The van der Waals surface area contributed by atoms with Crippen molar-refractivity contribution in [3.8, 4) is 0 Å². The number of rotatable bonds is 6. The maximum atomic E-state index is 12.9. The molecule has 0 spiro atoms. The highest BCUT2D eigenvalue weighted by Gasteiger charge is 2.39. The lowest BCUT2D eigenvalue weighted by Gasteiger charge is -2.15. The smallest absolute Gasteiger partial charge is 0.283 e. The Hall–Kier alpha value is -3.94. The highest BCUT2D eigenvalue weighted by atomic mass is 35.5. The predicted molar refractivity (Wildman–Crippen MR) is 131 cm³/mol. The molecule has 0 atom stereocenters. The van der Waals surface area contributed by atoms with Gasteiger partial charge in [0.2, 0.25) is 0 Å². The molecule has 1 aliphatic rings. The zero-order valence-corrected chi connectivity index (χ0v) is 19.3. The largest absolute Gasteiger partial charge is 0.350 e. The summed E-state index contributed by atoms with van der Waals surface area (Å²) in [6.07, 6.45) is 0. The maximum Gasteiger partial charge on any atom is 0.283 e. The molecule has 0 fully saturated rings. The molecule has 0 aliphatic carbocycles. The summed E-state index contributed by atoms with van der Waals surface area (Å²) in [4.78, 5) is 50.5. The standard InChI is InChI=1S/C25H17Cl2N3O4/c1-14(31)15-5-9-18(10-6-15)29-23(32)16-3-2-4-19(13-16)28-22-21(27)24(33)30(25(22)34)20-11-7-17(26)8-12-20/h2-13,28H,1H3,(H,29,32). The summed E-state index contributed by atoms with van der Waals surface area (Å²) in [6, 6.07) is 19.1. The second kappa shape index (κ2) is 9.51. The van der Waals surface area contributed by atoms with Crippen molar-refractivity contribution in [2.24, 2.45) is 0 Å². The number of ketones is 1. The molecule has 1 heterocycles. The number of carbonyl (C=O) groups excluding carboxylic acids is 4. The fourth-order valence-electron chi connectivity index (χ4n) is 3.31. The highest BCUT2D eigenvalue weighted by molar-refractivity contribution is 6.53. The molecule has 2 N–H and O–H groups in total. The van der Waals surface area contributed by atoms with E-state index >= 15 is 0 Å². The fraction of sp³-hybridized carbons (Fsp3) is 0.0400. The van der Waals surface area contributed by atoms with Crippen LogP contribution in [0.15, 0.2) is 83.5 Å². The number of hydrogen-bond acceptors (Lipinski definition) is 5. The number of imide groups is 1. The molecule has 0 aromatic heterocycles. The SMILES string of the molecule is CC(=O)c1ccc(NC(=O)c2cccc(NC3=C(Cl)C(=O)N(c4ccc(Cl)cc4)C3=O)c2)cc1. The van der Waals surface area contributed by atoms with Crippen LogP contribution in [-0.4, -0.2) is 23.5 Å². The van der Waals surface area contributed by atoms with Gasteiger partial charge >= 0.3 is 0 Å². The Bertz CT molecular complexity index is 1350. The molecule has 0 unspecified atom stereocenters. The second-order valence-corrected chi connectivity index (χ2v) is 8.22. The van der Waals surface area contributed by atoms with Gasteiger partial charge in [-0.15, -0.1) is 0 Å². The molecule has 7 nitrogen and oxygen atoms in total. The molecule has 3 aromatic carbocycles. The summed E-state index contributed by atoms with van der Waals surface area (Å²) < 4.78 is 0. The fourth-order valence-corrected chi connectivity index (χ4v) is 3.65. The number of carbonyl (C=O) groups is 4. The molecule has 3 amide bonds. The minimum atomic E-state index is -0.667. The summed E-state index contributed by atoms with van der Waals surface area (Å²) in [6.45, 7) is 1.46. The van der Waals surface area contributed by atoms with Gasteiger partial charge in [-0.25, -0.2) is 4.90 Å². The van der Waals surface area contributed by atoms with Gasteiger partial charge in [0, 0.05) is 27.5 Å². The average molecular weight is 494 g/mol. The Balaban J connectivity index is 1.51. The first-order valence-electron chi connectivity index (χ1n) is 10.1. The van der Waals surface area contributed by atoms with Crippen LogP contribution in [0.25, 0.3) is 0 Å². The van der Waals surface area contributed by atoms with Crippen LogP contribution < -0.4 is 15.5 Å². The Morgan fingerprint density at radius 3 is 2.12 bits per heavy atom. The third-order valence-electron chi connectivity index (χ3n) is 5.06. The van der Waals surface area contributed by atoms with Crippen molar-refractivity contribution in [3.63, 3.8) is 0 Å². The number of nitrogens with one attached hydrogen (secondary N) is 2. The quantitative estimate of drug-likeness (QED) is 0.362. The molecule has 0 saturated carbocycles. The van der Waals surface area contributed by atoms with Crippen LogP contribution in [0.5, 0.6) is 0 Å². The van der Waals surface area contributed by atoms with Crippen LogP contribution in [0.4, 0.5) is 17.1 Å². The van der Waals surface area contributed by atoms with Crippen LogP contribution >= 0.6 is 23.2 Å². The average Bonchev–Trinajstić information content (AvgIpc) is 3.03. The zero-order chi connectivity index (χ0) is 24.4. The van der Waals surface area contributed by atoms with Crippen molar-refractivity contribution in [1.82, 2.24) is 0 Å². The molecule has 9 heteroatoms. The van der Waals surface area contributed by atoms with Gasteiger partial charge in [-0.2, -0.15) is 0 Å². The Kier molecular flexibility index (Phi) is 6.49. The Labute approximate surface area is 205 Å². The number of nitrogens with zero attached hydrogens (tertiary/aromatic N) is 1. The van der Waals surface area contributed by atoms with E-state index in [2.05, 4.69) is 10.6 Å². The van der Waals surface area contributed by atoms with Crippen molar-refractivity contribution in [1.29, 1.82) is 0 Å². The van der Waals surface area contributed by atoms with Crippen molar-refractivity contribution in [2.75, 3.05) is 15.5 Å². The first-order valence-corrected chi connectivity index (χ1v) is 10.8. The lowest BCUT2D eigenvalue weighted by atomic mass is 10.1. The molecule has 1 aliphatic heterocycles. The van der Waals surface area contributed by atoms with E-state index in [1.807, 2.05) is 0 Å². The summed E-state index contributed by atoms with van der Waals surface area (Å²) >= 11 is 12.1. The van der Waals surface area contributed by atoms with E-state index in [0.29, 0.717) is 33.2 Å². The Morgan fingerprint density at radius 1 is 0.794 bits per heavy atom. The van der Waals surface area contributed by atoms with E-state index < -0.39 is 17.7 Å². The van der Waals surface area contributed by atoms with Crippen LogP contribution in [0.3, 0.4) is 0 Å². The van der Waals surface area contributed by atoms with Crippen LogP contribution in [-0.2, 0) is 9.59 Å². The van der Waals surface area contributed by atoms with Crippen LogP contribution in [0.2, 0.25) is 5.02 Å². The van der Waals surface area contributed by atoms with E-state index in [4.69, 9.17) is 23.2 Å². The van der Waals surface area contributed by atoms with Gasteiger partial charge < -0.3 is 10.6 Å². The van der Waals surface area contributed by atoms with E-state index in [1.165, 1.54) is 13.0 Å². The van der Waals surface area contributed by atoms with Crippen molar-refractivity contribution < 1.29 is 19.2 Å². The predicted octanol–water partition coefficient (Wildman–Crippen LogP) is 5.23. The van der Waals surface area contributed by atoms with Gasteiger partial charge in [0.1, 0.15) is 10.7 Å². The van der Waals surface area contributed by atoms with E-state index in [1.54, 1.807) is 66.7 Å². The topological polar surface area (TPSA) is 95.6 Å². The van der Waals surface area contributed by atoms with Gasteiger partial charge in [-0.1, -0.05) is 29.3 Å². The number of anilines is 3. The lowest BCUT2D eigenvalue weighted by molar-refractivity contribution is -0.120. The van der Waals surface area contributed by atoms with Crippen molar-refractivity contribution in [2.45, 2.75) is 6.92 Å². The maximum absolute atomic E-state index is 12.9. The first-order chi connectivity index (χ1) is 16.2. The lowest BCUT2D eigenvalue weighted by Crippen LogP contribution is -2.32. The molecule has 3 aromatic rings. The first kappa shape index (κ1) is 23.2. The van der Waals surface area contributed by atoms with Gasteiger partial charge in [0.15, 0.2) is 5.78 Å². The van der Waals surface area contributed by atoms with Gasteiger partial charge in [0.25, 0.3) is 17.7 Å². The third-order valence-corrected chi connectivity index (χ3v) is 5.66. The van der Waals surface area contributed by atoms with Gasteiger partial charge in [-0.05, 0) is 73.7 Å². The highest BCUT2D eigenvalue weighted by Crippen LogP contribution is 2.31. The normalized spacial score (nSPS) is 13.3. The number of Topliss-reactive ketones (excluding diaryl/α,β-unsaturated/α-hetero) is 1. The number of amides is 3. The van der Waals surface area contributed by atoms with Gasteiger partial charge in [-0.3, -0.25) is 19.2 Å².